The lowest BCUT2D eigenvalue weighted by Gasteiger charge is -1.99. The standard InChI is InChI=1S/C12H13BrN2S/c1-2-14-7-12-15-11(8-16-12)9-5-3-4-6-10(9)13/h3-6,8,14H,2,7H2,1H3. The second-order valence-corrected chi connectivity index (χ2v) is 5.18. The molecule has 0 fully saturated rings. The van der Waals surface area contributed by atoms with Crippen LogP contribution in [0.2, 0.25) is 0 Å². The predicted molar refractivity (Wildman–Crippen MR) is 72.6 cm³/mol. The number of benzene rings is 1. The number of aromatic nitrogens is 1. The van der Waals surface area contributed by atoms with Gasteiger partial charge in [-0.05, 0) is 12.6 Å². The molecule has 2 rings (SSSR count). The van der Waals surface area contributed by atoms with Crippen LogP contribution in [0, 0.1) is 0 Å². The molecule has 0 bridgehead atoms. The van der Waals surface area contributed by atoms with Crippen molar-refractivity contribution in [1.29, 1.82) is 0 Å². The van der Waals surface area contributed by atoms with E-state index in [1.54, 1.807) is 11.3 Å². The first-order chi connectivity index (χ1) is 7.81. The van der Waals surface area contributed by atoms with Crippen molar-refractivity contribution < 1.29 is 0 Å². The first-order valence-corrected chi connectivity index (χ1v) is 6.88. The maximum Gasteiger partial charge on any atom is 0.107 e. The molecule has 4 heteroatoms. The number of hydrogen-bond donors (Lipinski definition) is 1. The summed E-state index contributed by atoms with van der Waals surface area (Å²) in [5.74, 6) is 0. The Morgan fingerprint density at radius 3 is 2.94 bits per heavy atom. The molecule has 0 amide bonds. The van der Waals surface area contributed by atoms with E-state index in [1.807, 2.05) is 18.2 Å². The smallest absolute Gasteiger partial charge is 0.107 e. The summed E-state index contributed by atoms with van der Waals surface area (Å²) in [6, 6.07) is 8.16. The van der Waals surface area contributed by atoms with Gasteiger partial charge in [0.2, 0.25) is 0 Å². The van der Waals surface area contributed by atoms with Crippen molar-refractivity contribution in [2.75, 3.05) is 6.54 Å². The quantitative estimate of drug-likeness (QED) is 0.931. The lowest BCUT2D eigenvalue weighted by atomic mass is 10.2. The van der Waals surface area contributed by atoms with Gasteiger partial charge in [0.15, 0.2) is 0 Å². The predicted octanol–water partition coefficient (Wildman–Crippen LogP) is 3.68. The molecule has 0 spiro atoms. The van der Waals surface area contributed by atoms with E-state index in [0.29, 0.717) is 0 Å². The molecule has 0 radical (unpaired) electrons. The highest BCUT2D eigenvalue weighted by atomic mass is 79.9. The van der Waals surface area contributed by atoms with E-state index in [9.17, 15) is 0 Å². The molecular formula is C12H13BrN2S. The number of halogens is 1. The molecule has 1 heterocycles. The molecule has 1 N–H and O–H groups in total. The van der Waals surface area contributed by atoms with E-state index in [-0.39, 0.29) is 0 Å². The third-order valence-corrected chi connectivity index (χ3v) is 3.77. The lowest BCUT2D eigenvalue weighted by Crippen LogP contribution is -2.11. The van der Waals surface area contributed by atoms with Crippen molar-refractivity contribution in [3.8, 4) is 11.3 Å². The zero-order valence-corrected chi connectivity index (χ0v) is 11.4. The Morgan fingerprint density at radius 1 is 1.38 bits per heavy atom. The molecule has 0 saturated carbocycles. The van der Waals surface area contributed by atoms with Gasteiger partial charge in [-0.1, -0.05) is 41.1 Å². The van der Waals surface area contributed by atoms with Crippen LogP contribution in [0.5, 0.6) is 0 Å². The third kappa shape index (κ3) is 2.70. The van der Waals surface area contributed by atoms with E-state index in [2.05, 4.69) is 44.6 Å². The molecule has 1 aromatic carbocycles. The normalized spacial score (nSPS) is 10.6. The van der Waals surface area contributed by atoms with Crippen LogP contribution in [0.3, 0.4) is 0 Å². The number of hydrogen-bond acceptors (Lipinski definition) is 3. The average Bonchev–Trinajstić information content (AvgIpc) is 2.75. The van der Waals surface area contributed by atoms with Crippen LogP contribution in [-0.2, 0) is 6.54 Å². The van der Waals surface area contributed by atoms with Crippen molar-refractivity contribution in [2.45, 2.75) is 13.5 Å². The largest absolute Gasteiger partial charge is 0.311 e. The maximum atomic E-state index is 4.60. The number of nitrogens with one attached hydrogen (secondary N) is 1. The molecule has 0 atom stereocenters. The average molecular weight is 297 g/mol. The number of nitrogens with zero attached hydrogens (tertiary/aromatic N) is 1. The zero-order chi connectivity index (χ0) is 11.4. The molecule has 0 aliphatic rings. The second kappa shape index (κ2) is 5.57. The number of thiazole rings is 1. The fourth-order valence-corrected chi connectivity index (χ4v) is 2.67. The zero-order valence-electron chi connectivity index (χ0n) is 9.03. The van der Waals surface area contributed by atoms with Crippen LogP contribution in [0.15, 0.2) is 34.1 Å². The minimum atomic E-state index is 0.853. The van der Waals surface area contributed by atoms with Gasteiger partial charge in [0, 0.05) is 22.0 Å². The van der Waals surface area contributed by atoms with Gasteiger partial charge in [-0.2, -0.15) is 0 Å². The number of rotatable bonds is 4. The van der Waals surface area contributed by atoms with Gasteiger partial charge < -0.3 is 5.32 Å². The lowest BCUT2D eigenvalue weighted by molar-refractivity contribution is 0.723. The Bertz CT molecular complexity index is 468. The molecule has 1 aromatic heterocycles. The van der Waals surface area contributed by atoms with Crippen molar-refractivity contribution in [2.24, 2.45) is 0 Å². The summed E-state index contributed by atoms with van der Waals surface area (Å²) in [4.78, 5) is 4.60. The molecule has 0 unspecified atom stereocenters. The molecule has 0 aliphatic heterocycles. The molecule has 84 valence electrons. The van der Waals surface area contributed by atoms with Crippen molar-refractivity contribution in [3.63, 3.8) is 0 Å². The summed E-state index contributed by atoms with van der Waals surface area (Å²) in [6.45, 7) is 3.93. The Balaban J connectivity index is 2.22. The summed E-state index contributed by atoms with van der Waals surface area (Å²) in [7, 11) is 0. The van der Waals surface area contributed by atoms with Crippen LogP contribution in [0.1, 0.15) is 11.9 Å². The van der Waals surface area contributed by atoms with Gasteiger partial charge in [0.25, 0.3) is 0 Å². The van der Waals surface area contributed by atoms with Gasteiger partial charge in [-0.25, -0.2) is 4.98 Å². The van der Waals surface area contributed by atoms with Gasteiger partial charge in [0.05, 0.1) is 5.69 Å². The monoisotopic (exact) mass is 296 g/mol. The van der Waals surface area contributed by atoms with Gasteiger partial charge in [0.1, 0.15) is 5.01 Å². The molecule has 0 aliphatic carbocycles. The second-order valence-electron chi connectivity index (χ2n) is 3.39. The summed E-state index contributed by atoms with van der Waals surface area (Å²) in [5, 5.41) is 6.52. The van der Waals surface area contributed by atoms with E-state index < -0.39 is 0 Å². The minimum Gasteiger partial charge on any atom is -0.311 e. The van der Waals surface area contributed by atoms with Crippen molar-refractivity contribution >= 4 is 27.3 Å². The van der Waals surface area contributed by atoms with Gasteiger partial charge >= 0.3 is 0 Å². The summed E-state index contributed by atoms with van der Waals surface area (Å²) >= 11 is 5.24. The summed E-state index contributed by atoms with van der Waals surface area (Å²) in [5.41, 5.74) is 2.20. The first-order valence-electron chi connectivity index (χ1n) is 5.21. The van der Waals surface area contributed by atoms with Gasteiger partial charge in [-0.3, -0.25) is 0 Å². The highest BCUT2D eigenvalue weighted by Crippen LogP contribution is 2.28. The SMILES string of the molecule is CCNCc1nc(-c2ccccc2Br)cs1. The van der Waals surface area contributed by atoms with E-state index in [0.717, 1.165) is 33.8 Å². The Morgan fingerprint density at radius 2 is 2.19 bits per heavy atom. The highest BCUT2D eigenvalue weighted by Gasteiger charge is 2.06. The highest BCUT2D eigenvalue weighted by molar-refractivity contribution is 9.10. The Labute approximate surface area is 108 Å². The summed E-state index contributed by atoms with van der Waals surface area (Å²) < 4.78 is 1.09. The molecule has 2 aromatic rings. The topological polar surface area (TPSA) is 24.9 Å². The Hall–Kier alpha value is -0.710. The molecule has 2 nitrogen and oxygen atoms in total. The molecule has 16 heavy (non-hydrogen) atoms. The van der Waals surface area contributed by atoms with Crippen LogP contribution < -0.4 is 5.32 Å². The summed E-state index contributed by atoms with van der Waals surface area (Å²) in [6.07, 6.45) is 0. The Kier molecular flexibility index (Phi) is 4.09. The van der Waals surface area contributed by atoms with Crippen LogP contribution in [-0.4, -0.2) is 11.5 Å². The van der Waals surface area contributed by atoms with Crippen LogP contribution >= 0.6 is 27.3 Å². The van der Waals surface area contributed by atoms with E-state index >= 15 is 0 Å². The maximum absolute atomic E-state index is 4.60. The van der Waals surface area contributed by atoms with E-state index in [1.165, 1.54) is 0 Å². The van der Waals surface area contributed by atoms with Crippen LogP contribution in [0.25, 0.3) is 11.3 Å². The fourth-order valence-electron chi connectivity index (χ4n) is 1.42. The van der Waals surface area contributed by atoms with Crippen molar-refractivity contribution in [1.82, 2.24) is 10.3 Å². The van der Waals surface area contributed by atoms with E-state index in [4.69, 9.17) is 0 Å². The van der Waals surface area contributed by atoms with Crippen LogP contribution in [0.4, 0.5) is 0 Å². The fraction of sp³-hybridized carbons (Fsp3) is 0.250. The third-order valence-electron chi connectivity index (χ3n) is 2.23. The van der Waals surface area contributed by atoms with Gasteiger partial charge in [-0.15, -0.1) is 11.3 Å². The molecule has 0 saturated heterocycles. The molecular weight excluding hydrogens is 284 g/mol. The minimum absolute atomic E-state index is 0.853. The first kappa shape index (κ1) is 11.8. The van der Waals surface area contributed by atoms with Crippen molar-refractivity contribution in [3.05, 3.63) is 39.1 Å².